The molecule has 7 heteroatoms. The summed E-state index contributed by atoms with van der Waals surface area (Å²) < 4.78 is 10.4. The van der Waals surface area contributed by atoms with Crippen LogP contribution in [0.4, 0.5) is 0 Å². The third kappa shape index (κ3) is 5.10. The smallest absolute Gasteiger partial charge is 0.227 e. The number of hydrogen-bond donors (Lipinski definition) is 0. The van der Waals surface area contributed by atoms with Crippen LogP contribution in [0.3, 0.4) is 0 Å². The van der Waals surface area contributed by atoms with E-state index in [0.29, 0.717) is 42.7 Å². The van der Waals surface area contributed by atoms with Gasteiger partial charge in [-0.25, -0.2) is 0 Å². The van der Waals surface area contributed by atoms with Gasteiger partial charge in [-0.2, -0.15) is 4.98 Å². The lowest BCUT2D eigenvalue weighted by Crippen LogP contribution is -2.30. The molecule has 3 rings (SSSR count). The van der Waals surface area contributed by atoms with Crippen molar-refractivity contribution in [2.24, 2.45) is 0 Å². The number of methoxy groups -OCH3 is 1. The monoisotopic (exact) mass is 399 g/mol. The molecule has 0 spiro atoms. The maximum Gasteiger partial charge on any atom is 0.227 e. The minimum atomic E-state index is 0.0459. The third-order valence-electron chi connectivity index (χ3n) is 4.39. The van der Waals surface area contributed by atoms with Crippen LogP contribution in [-0.2, 0) is 17.8 Å². The summed E-state index contributed by atoms with van der Waals surface area (Å²) in [4.78, 5) is 18.8. The van der Waals surface area contributed by atoms with Crippen molar-refractivity contribution in [2.45, 2.75) is 26.3 Å². The van der Waals surface area contributed by atoms with Crippen molar-refractivity contribution in [3.63, 3.8) is 0 Å². The first-order valence-electron chi connectivity index (χ1n) is 9.08. The molecule has 0 bridgehead atoms. The Balaban J connectivity index is 1.56. The molecule has 0 N–H and O–H groups in total. The summed E-state index contributed by atoms with van der Waals surface area (Å²) in [7, 11) is 1.63. The van der Waals surface area contributed by atoms with Crippen LogP contribution in [0.2, 0.25) is 5.02 Å². The molecule has 1 heterocycles. The molecule has 0 aliphatic rings. The maximum absolute atomic E-state index is 12.6. The van der Waals surface area contributed by atoms with Gasteiger partial charge in [0.1, 0.15) is 5.75 Å². The van der Waals surface area contributed by atoms with E-state index in [2.05, 4.69) is 10.1 Å². The molecule has 0 unspecified atom stereocenters. The van der Waals surface area contributed by atoms with Gasteiger partial charge >= 0.3 is 0 Å². The molecule has 0 aliphatic carbocycles. The zero-order chi connectivity index (χ0) is 19.9. The number of nitrogens with zero attached hydrogens (tertiary/aromatic N) is 3. The molecule has 3 aromatic rings. The predicted molar refractivity (Wildman–Crippen MR) is 107 cm³/mol. The Morgan fingerprint density at radius 2 is 1.86 bits per heavy atom. The molecule has 1 amide bonds. The molecular weight excluding hydrogens is 378 g/mol. The van der Waals surface area contributed by atoms with Gasteiger partial charge in [0.2, 0.25) is 17.6 Å². The van der Waals surface area contributed by atoms with Crippen LogP contribution in [0.5, 0.6) is 5.75 Å². The Kier molecular flexibility index (Phi) is 6.66. The van der Waals surface area contributed by atoms with E-state index in [-0.39, 0.29) is 5.91 Å². The summed E-state index contributed by atoms with van der Waals surface area (Å²) in [6.07, 6.45) is 0.713. The molecule has 0 radical (unpaired) electrons. The van der Waals surface area contributed by atoms with E-state index >= 15 is 0 Å². The summed E-state index contributed by atoms with van der Waals surface area (Å²) >= 11 is 5.89. The first-order valence-corrected chi connectivity index (χ1v) is 9.46. The number of hydrogen-bond acceptors (Lipinski definition) is 5. The van der Waals surface area contributed by atoms with Gasteiger partial charge in [-0.15, -0.1) is 0 Å². The van der Waals surface area contributed by atoms with E-state index in [1.54, 1.807) is 24.1 Å². The normalized spacial score (nSPS) is 10.7. The SMILES string of the molecule is CCN(Cc1ccc(OC)cc1)C(=O)CCc1nc(-c2ccc(Cl)cc2)no1. The van der Waals surface area contributed by atoms with Crippen LogP contribution in [0.25, 0.3) is 11.4 Å². The summed E-state index contributed by atoms with van der Waals surface area (Å²) in [5, 5.41) is 4.62. The van der Waals surface area contributed by atoms with E-state index in [9.17, 15) is 4.79 Å². The van der Waals surface area contributed by atoms with Crippen molar-refractivity contribution >= 4 is 17.5 Å². The molecule has 0 saturated heterocycles. The Morgan fingerprint density at radius 1 is 1.14 bits per heavy atom. The van der Waals surface area contributed by atoms with Crippen LogP contribution < -0.4 is 4.74 Å². The number of rotatable bonds is 8. The van der Waals surface area contributed by atoms with Crippen molar-refractivity contribution in [3.8, 4) is 17.1 Å². The maximum atomic E-state index is 12.6. The molecule has 2 aromatic carbocycles. The lowest BCUT2D eigenvalue weighted by atomic mass is 10.2. The van der Waals surface area contributed by atoms with Crippen molar-refractivity contribution in [3.05, 3.63) is 65.0 Å². The highest BCUT2D eigenvalue weighted by atomic mass is 35.5. The average Bonchev–Trinajstić information content (AvgIpc) is 3.20. The quantitative estimate of drug-likeness (QED) is 0.562. The highest BCUT2D eigenvalue weighted by molar-refractivity contribution is 6.30. The number of aryl methyl sites for hydroxylation is 1. The molecule has 6 nitrogen and oxygen atoms in total. The molecule has 0 fully saturated rings. The number of amides is 1. The van der Waals surface area contributed by atoms with Crippen molar-refractivity contribution in [1.29, 1.82) is 0 Å². The zero-order valence-corrected chi connectivity index (χ0v) is 16.6. The van der Waals surface area contributed by atoms with Gasteiger partial charge in [0.05, 0.1) is 7.11 Å². The Labute approximate surface area is 169 Å². The van der Waals surface area contributed by atoms with Gasteiger partial charge < -0.3 is 14.2 Å². The minimum Gasteiger partial charge on any atom is -0.497 e. The fourth-order valence-electron chi connectivity index (χ4n) is 2.77. The van der Waals surface area contributed by atoms with Gasteiger partial charge in [0, 0.05) is 36.5 Å². The van der Waals surface area contributed by atoms with Gasteiger partial charge in [-0.3, -0.25) is 4.79 Å². The van der Waals surface area contributed by atoms with Crippen LogP contribution in [0.15, 0.2) is 53.1 Å². The standard InChI is InChI=1S/C21H22ClN3O3/c1-3-25(14-15-4-10-18(27-2)11-5-15)20(26)13-12-19-23-21(24-28-19)16-6-8-17(22)9-7-16/h4-11H,3,12-14H2,1-2H3. The second kappa shape index (κ2) is 9.37. The number of halogens is 1. The van der Waals surface area contributed by atoms with Crippen molar-refractivity contribution in [1.82, 2.24) is 15.0 Å². The van der Waals surface area contributed by atoms with Crippen molar-refractivity contribution < 1.29 is 14.1 Å². The van der Waals surface area contributed by atoms with E-state index < -0.39 is 0 Å². The topological polar surface area (TPSA) is 68.5 Å². The summed E-state index contributed by atoms with van der Waals surface area (Å²) in [6, 6.07) is 14.9. The van der Waals surface area contributed by atoms with E-state index in [1.165, 1.54) is 0 Å². The summed E-state index contributed by atoms with van der Waals surface area (Å²) in [6.45, 7) is 3.15. The Hall–Kier alpha value is -2.86. The van der Waals surface area contributed by atoms with E-state index in [1.807, 2.05) is 43.3 Å². The number of carbonyl (C=O) groups is 1. The molecule has 28 heavy (non-hydrogen) atoms. The number of benzene rings is 2. The fourth-order valence-corrected chi connectivity index (χ4v) is 2.90. The van der Waals surface area contributed by atoms with Gasteiger partial charge in [0.25, 0.3) is 0 Å². The largest absolute Gasteiger partial charge is 0.497 e. The number of aromatic nitrogens is 2. The number of carbonyl (C=O) groups excluding carboxylic acids is 1. The van der Waals surface area contributed by atoms with Crippen LogP contribution in [-0.4, -0.2) is 34.6 Å². The minimum absolute atomic E-state index is 0.0459. The number of ether oxygens (including phenoxy) is 1. The fraction of sp³-hybridized carbons (Fsp3) is 0.286. The van der Waals surface area contributed by atoms with Gasteiger partial charge in [-0.05, 0) is 48.9 Å². The van der Waals surface area contributed by atoms with Crippen LogP contribution in [0.1, 0.15) is 24.8 Å². The highest BCUT2D eigenvalue weighted by Crippen LogP contribution is 2.19. The van der Waals surface area contributed by atoms with Crippen LogP contribution >= 0.6 is 11.6 Å². The summed E-state index contributed by atoms with van der Waals surface area (Å²) in [5.74, 6) is 1.78. The Morgan fingerprint density at radius 3 is 2.50 bits per heavy atom. The van der Waals surface area contributed by atoms with Gasteiger partial charge in [0.15, 0.2) is 0 Å². The molecular formula is C21H22ClN3O3. The molecule has 1 aromatic heterocycles. The molecule has 0 aliphatic heterocycles. The predicted octanol–water partition coefficient (Wildman–Crippen LogP) is 4.38. The average molecular weight is 400 g/mol. The summed E-state index contributed by atoms with van der Waals surface area (Å²) in [5.41, 5.74) is 1.87. The molecule has 146 valence electrons. The van der Waals surface area contributed by atoms with Crippen LogP contribution in [0, 0.1) is 0 Å². The second-order valence-electron chi connectivity index (χ2n) is 6.27. The van der Waals surface area contributed by atoms with Gasteiger partial charge in [-0.1, -0.05) is 28.9 Å². The molecule has 0 atom stereocenters. The Bertz CT molecular complexity index is 907. The highest BCUT2D eigenvalue weighted by Gasteiger charge is 2.15. The van der Waals surface area contributed by atoms with Crippen molar-refractivity contribution in [2.75, 3.05) is 13.7 Å². The second-order valence-corrected chi connectivity index (χ2v) is 6.71. The molecule has 0 saturated carbocycles. The van der Waals surface area contributed by atoms with E-state index in [4.69, 9.17) is 20.9 Å². The van der Waals surface area contributed by atoms with E-state index in [0.717, 1.165) is 16.9 Å². The first kappa shape index (κ1) is 19.9. The first-order chi connectivity index (χ1) is 13.6. The lowest BCUT2D eigenvalue weighted by Gasteiger charge is -2.21. The zero-order valence-electron chi connectivity index (χ0n) is 15.9. The third-order valence-corrected chi connectivity index (χ3v) is 4.64. The lowest BCUT2D eigenvalue weighted by molar-refractivity contribution is -0.131.